The molecule has 1 aromatic carbocycles. The van der Waals surface area contributed by atoms with Crippen LogP contribution >= 0.6 is 12.4 Å². The van der Waals surface area contributed by atoms with Crippen LogP contribution in [0.5, 0.6) is 0 Å². The van der Waals surface area contributed by atoms with Gasteiger partial charge < -0.3 is 11.1 Å². The zero-order valence-corrected chi connectivity index (χ0v) is 13.0. The normalized spacial score (nSPS) is 20.4. The van der Waals surface area contributed by atoms with Crippen molar-refractivity contribution in [2.75, 3.05) is 19.6 Å². The van der Waals surface area contributed by atoms with Crippen molar-refractivity contribution in [2.45, 2.75) is 31.8 Å². The third-order valence-corrected chi connectivity index (χ3v) is 3.66. The predicted octanol–water partition coefficient (Wildman–Crippen LogP) is 1.85. The van der Waals surface area contributed by atoms with Crippen LogP contribution in [-0.2, 0) is 4.79 Å². The number of piperidine rings is 1. The number of benzene rings is 1. The molecule has 1 aliphatic rings. The van der Waals surface area contributed by atoms with Crippen LogP contribution in [0, 0.1) is 5.82 Å². The summed E-state index contributed by atoms with van der Waals surface area (Å²) in [6, 6.07) is 6.24. The Labute approximate surface area is 131 Å². The minimum atomic E-state index is -0.269. The number of carbonyl (C=O) groups is 1. The fourth-order valence-corrected chi connectivity index (χ4v) is 2.56. The van der Waals surface area contributed by atoms with E-state index in [9.17, 15) is 9.18 Å². The van der Waals surface area contributed by atoms with E-state index in [-0.39, 0.29) is 36.2 Å². The fraction of sp³-hybridized carbons (Fsp3) is 0.533. The minimum absolute atomic E-state index is 0. The second kappa shape index (κ2) is 8.32. The highest BCUT2D eigenvalue weighted by Gasteiger charge is 2.19. The van der Waals surface area contributed by atoms with Gasteiger partial charge >= 0.3 is 0 Å². The van der Waals surface area contributed by atoms with Crippen molar-refractivity contribution in [2.24, 2.45) is 5.73 Å². The lowest BCUT2D eigenvalue weighted by Gasteiger charge is -2.30. The van der Waals surface area contributed by atoms with Crippen molar-refractivity contribution in [3.8, 4) is 0 Å². The molecule has 1 fully saturated rings. The quantitative estimate of drug-likeness (QED) is 0.891. The summed E-state index contributed by atoms with van der Waals surface area (Å²) >= 11 is 0. The third-order valence-electron chi connectivity index (χ3n) is 3.66. The Bertz CT molecular complexity index is 455. The summed E-state index contributed by atoms with van der Waals surface area (Å²) < 4.78 is 12.9. The Morgan fingerprint density at radius 2 is 2.14 bits per heavy atom. The maximum absolute atomic E-state index is 12.9. The van der Waals surface area contributed by atoms with Gasteiger partial charge in [-0.3, -0.25) is 9.69 Å². The molecule has 0 bridgehead atoms. The van der Waals surface area contributed by atoms with Crippen LogP contribution in [0.3, 0.4) is 0 Å². The molecule has 21 heavy (non-hydrogen) atoms. The van der Waals surface area contributed by atoms with Crippen LogP contribution < -0.4 is 11.1 Å². The van der Waals surface area contributed by atoms with Crippen molar-refractivity contribution >= 4 is 18.3 Å². The van der Waals surface area contributed by atoms with Gasteiger partial charge in [0.05, 0.1) is 12.6 Å². The fourth-order valence-electron chi connectivity index (χ4n) is 2.56. The summed E-state index contributed by atoms with van der Waals surface area (Å²) in [7, 11) is 0. The first kappa shape index (κ1) is 17.9. The largest absolute Gasteiger partial charge is 0.348 e. The minimum Gasteiger partial charge on any atom is -0.348 e. The highest BCUT2D eigenvalue weighted by Crippen LogP contribution is 2.13. The van der Waals surface area contributed by atoms with E-state index in [0.717, 1.165) is 31.5 Å². The second-order valence-corrected chi connectivity index (χ2v) is 5.48. The Balaban J connectivity index is 0.00000220. The molecule has 4 nitrogen and oxygen atoms in total. The van der Waals surface area contributed by atoms with Crippen LogP contribution in [0.1, 0.15) is 31.4 Å². The summed E-state index contributed by atoms with van der Waals surface area (Å²) in [5.74, 6) is -0.287. The molecular weight excluding hydrogens is 293 g/mol. The van der Waals surface area contributed by atoms with Crippen LogP contribution in [-0.4, -0.2) is 36.5 Å². The Morgan fingerprint density at radius 3 is 2.76 bits per heavy atom. The van der Waals surface area contributed by atoms with Crippen LogP contribution in [0.15, 0.2) is 24.3 Å². The van der Waals surface area contributed by atoms with Crippen molar-refractivity contribution < 1.29 is 9.18 Å². The zero-order chi connectivity index (χ0) is 14.5. The number of hydrogen-bond acceptors (Lipinski definition) is 3. The van der Waals surface area contributed by atoms with Crippen molar-refractivity contribution in [1.29, 1.82) is 0 Å². The van der Waals surface area contributed by atoms with Gasteiger partial charge in [0.15, 0.2) is 0 Å². The molecule has 1 aliphatic heterocycles. The number of carbonyl (C=O) groups excluding carboxylic acids is 1. The molecule has 0 aliphatic carbocycles. The van der Waals surface area contributed by atoms with E-state index in [2.05, 4.69) is 10.2 Å². The van der Waals surface area contributed by atoms with Crippen LogP contribution in [0.25, 0.3) is 0 Å². The molecule has 2 rings (SSSR count). The molecule has 1 amide bonds. The Kier molecular flexibility index (Phi) is 7.08. The summed E-state index contributed by atoms with van der Waals surface area (Å²) in [6.07, 6.45) is 2.08. The number of nitrogens with one attached hydrogen (secondary N) is 1. The summed E-state index contributed by atoms with van der Waals surface area (Å²) in [6.45, 7) is 3.97. The van der Waals surface area contributed by atoms with E-state index in [1.54, 1.807) is 12.1 Å². The smallest absolute Gasteiger partial charge is 0.234 e. The van der Waals surface area contributed by atoms with Gasteiger partial charge in [-0.15, -0.1) is 12.4 Å². The molecule has 1 saturated heterocycles. The van der Waals surface area contributed by atoms with Crippen molar-refractivity contribution in [3.63, 3.8) is 0 Å². The number of rotatable bonds is 4. The topological polar surface area (TPSA) is 58.4 Å². The molecular formula is C15H23ClFN3O. The van der Waals surface area contributed by atoms with Gasteiger partial charge in [0.1, 0.15) is 5.82 Å². The highest BCUT2D eigenvalue weighted by molar-refractivity contribution is 5.85. The van der Waals surface area contributed by atoms with Crippen LogP contribution in [0.2, 0.25) is 0 Å². The third kappa shape index (κ3) is 5.61. The van der Waals surface area contributed by atoms with Gasteiger partial charge in [-0.25, -0.2) is 4.39 Å². The van der Waals surface area contributed by atoms with E-state index < -0.39 is 0 Å². The van der Waals surface area contributed by atoms with Crippen molar-refractivity contribution in [1.82, 2.24) is 10.2 Å². The summed E-state index contributed by atoms with van der Waals surface area (Å²) in [5.41, 5.74) is 6.80. The van der Waals surface area contributed by atoms with Gasteiger partial charge in [0.2, 0.25) is 5.91 Å². The van der Waals surface area contributed by atoms with E-state index in [4.69, 9.17) is 5.73 Å². The van der Waals surface area contributed by atoms with Gasteiger partial charge in [-0.2, -0.15) is 0 Å². The van der Waals surface area contributed by atoms with E-state index >= 15 is 0 Å². The maximum Gasteiger partial charge on any atom is 0.234 e. The average molecular weight is 316 g/mol. The molecule has 1 heterocycles. The predicted molar refractivity (Wildman–Crippen MR) is 83.9 cm³/mol. The monoisotopic (exact) mass is 315 g/mol. The van der Waals surface area contributed by atoms with Crippen molar-refractivity contribution in [3.05, 3.63) is 35.6 Å². The molecule has 0 aromatic heterocycles. The zero-order valence-electron chi connectivity index (χ0n) is 12.2. The summed E-state index contributed by atoms with van der Waals surface area (Å²) in [5, 5.41) is 2.93. The standard InChI is InChI=1S/C15H22FN3O.ClH/c1-11(12-4-6-13(16)7-5-12)18-15(20)10-19-8-2-3-14(17)9-19;/h4-7,11,14H,2-3,8-10,17H2,1H3,(H,18,20);1H. The van der Waals surface area contributed by atoms with Gasteiger partial charge in [0, 0.05) is 12.6 Å². The number of hydrogen-bond donors (Lipinski definition) is 2. The van der Waals surface area contributed by atoms with Gasteiger partial charge in [-0.1, -0.05) is 12.1 Å². The van der Waals surface area contributed by atoms with Gasteiger partial charge in [0.25, 0.3) is 0 Å². The first-order chi connectivity index (χ1) is 9.54. The van der Waals surface area contributed by atoms with E-state index in [0.29, 0.717) is 6.54 Å². The lowest BCUT2D eigenvalue weighted by atomic mass is 10.1. The Morgan fingerprint density at radius 1 is 1.48 bits per heavy atom. The molecule has 0 spiro atoms. The first-order valence-corrected chi connectivity index (χ1v) is 7.07. The average Bonchev–Trinajstić information content (AvgIpc) is 2.39. The number of halogens is 2. The first-order valence-electron chi connectivity index (χ1n) is 7.07. The lowest BCUT2D eigenvalue weighted by Crippen LogP contribution is -2.47. The SMILES string of the molecule is CC(NC(=O)CN1CCCC(N)C1)c1ccc(F)cc1.Cl. The van der Waals surface area contributed by atoms with Crippen LogP contribution in [0.4, 0.5) is 4.39 Å². The number of amides is 1. The number of nitrogens with two attached hydrogens (primary N) is 1. The van der Waals surface area contributed by atoms with Gasteiger partial charge in [-0.05, 0) is 44.0 Å². The molecule has 3 N–H and O–H groups in total. The molecule has 1 aromatic rings. The molecule has 6 heteroatoms. The molecule has 2 unspecified atom stereocenters. The van der Waals surface area contributed by atoms with E-state index in [1.165, 1.54) is 12.1 Å². The molecule has 2 atom stereocenters. The second-order valence-electron chi connectivity index (χ2n) is 5.48. The number of nitrogens with zero attached hydrogens (tertiary/aromatic N) is 1. The highest BCUT2D eigenvalue weighted by atomic mass is 35.5. The number of likely N-dealkylation sites (tertiary alicyclic amines) is 1. The molecule has 0 radical (unpaired) electrons. The molecule has 118 valence electrons. The Hall–Kier alpha value is -1.17. The summed E-state index contributed by atoms with van der Waals surface area (Å²) in [4.78, 5) is 14.1. The van der Waals surface area contributed by atoms with E-state index in [1.807, 2.05) is 6.92 Å². The maximum atomic E-state index is 12.9. The molecule has 0 saturated carbocycles. The lowest BCUT2D eigenvalue weighted by molar-refractivity contribution is -0.123.